The van der Waals surface area contributed by atoms with Gasteiger partial charge < -0.3 is 99.9 Å². The summed E-state index contributed by atoms with van der Waals surface area (Å²) < 4.78 is 31.0. The van der Waals surface area contributed by atoms with Crippen LogP contribution in [0.15, 0.2) is 97.1 Å². The maximum absolute atomic E-state index is 12.7. The lowest BCUT2D eigenvalue weighted by molar-refractivity contribution is -0.209. The van der Waals surface area contributed by atoms with E-state index in [2.05, 4.69) is 0 Å². The van der Waals surface area contributed by atoms with Crippen molar-refractivity contribution < 1.29 is 129 Å². The van der Waals surface area contributed by atoms with E-state index < -0.39 is 158 Å². The molecule has 0 aliphatic heterocycles. The Kier molecular flexibility index (Phi) is 22.0. The molecule has 0 bridgehead atoms. The molecule has 26 nitrogen and oxygen atoms in total. The Bertz CT molecular complexity index is 2900. The van der Waals surface area contributed by atoms with Gasteiger partial charge in [0.1, 0.15) is 49.3 Å². The number of aliphatic hydroxyl groups is 6. The highest BCUT2D eigenvalue weighted by Gasteiger charge is 2.54. The molecular weight excluding hydrogens is 1090 g/mol. The van der Waals surface area contributed by atoms with Gasteiger partial charge in [-0.05, 0) is 109 Å². The van der Waals surface area contributed by atoms with Crippen molar-refractivity contribution in [2.24, 2.45) is 0 Å². The van der Waals surface area contributed by atoms with Crippen molar-refractivity contribution in [1.82, 2.24) is 0 Å². The van der Waals surface area contributed by atoms with Gasteiger partial charge in [0.15, 0.2) is 57.2 Å². The van der Waals surface area contributed by atoms with Gasteiger partial charge in [0.05, 0.1) is 12.7 Å². The Morgan fingerprint density at radius 3 is 0.988 bits per heavy atom. The zero-order valence-electron chi connectivity index (χ0n) is 43.6. The first-order chi connectivity index (χ1) is 38.6. The number of benzene rings is 4. The second-order valence-corrected chi connectivity index (χ2v) is 18.9. The molecule has 0 saturated heterocycles. The number of aromatic hydroxyl groups is 8. The molecule has 0 amide bonds. The lowest BCUT2D eigenvalue weighted by atomic mass is 9.79. The molecule has 26 heteroatoms. The van der Waals surface area contributed by atoms with Gasteiger partial charge in [-0.3, -0.25) is 0 Å². The van der Waals surface area contributed by atoms with E-state index in [9.17, 15) is 100 Å². The second-order valence-electron chi connectivity index (χ2n) is 18.9. The van der Waals surface area contributed by atoms with Crippen LogP contribution in [0, 0.1) is 0 Å². The quantitative estimate of drug-likeness (QED) is 0.0292. The van der Waals surface area contributed by atoms with E-state index in [1.807, 2.05) is 0 Å². The fourth-order valence-electron chi connectivity index (χ4n) is 7.89. The number of carbonyl (C=O) groups excluding carboxylic acids is 6. The summed E-state index contributed by atoms with van der Waals surface area (Å²) in [6.45, 7) is 1.71. The number of rotatable bonds is 18. The average Bonchev–Trinajstić information content (AvgIpc) is 2.61. The van der Waals surface area contributed by atoms with Crippen molar-refractivity contribution in [2.75, 3.05) is 13.2 Å². The molecule has 0 spiro atoms. The first kappa shape index (κ1) is 63.6. The predicted octanol–water partition coefficient (Wildman–Crippen LogP) is 1.74. The predicted molar refractivity (Wildman–Crippen MR) is 280 cm³/mol. The SMILES string of the molecule is CC(CO)OC(=O)C1(O)C[C@@H](OC(=O)/C=C/c2ccc(O)c(O)c2)C(O)[C@H](OC(=O)/C=C/c2ccc(O)c(O)c2)C1.CC(O)COC(=O)C1(O)C[C@@H](OC(=O)/C=C/c2ccc(O)c(O)c2)C(O)[C@H](OC(=O)/C=C/c2ccc(O)c(O)c2)C1. The summed E-state index contributed by atoms with van der Waals surface area (Å²) in [6, 6.07) is 15.1. The average molecular weight is 1150 g/mol. The monoisotopic (exact) mass is 1150 g/mol. The van der Waals surface area contributed by atoms with Crippen LogP contribution in [0.5, 0.6) is 46.0 Å². The van der Waals surface area contributed by atoms with Gasteiger partial charge in [0.25, 0.3) is 0 Å². The molecule has 0 radical (unpaired) electrons. The fourth-order valence-corrected chi connectivity index (χ4v) is 7.89. The third-order valence-corrected chi connectivity index (χ3v) is 12.2. The maximum Gasteiger partial charge on any atom is 0.338 e. The van der Waals surface area contributed by atoms with Gasteiger partial charge in [-0.15, -0.1) is 0 Å². The fraction of sp³-hybridized carbons (Fsp3) is 0.321. The number of ether oxygens (including phenoxy) is 6. The number of hydrogen-bond donors (Lipinski definition) is 14. The maximum atomic E-state index is 12.7. The van der Waals surface area contributed by atoms with E-state index >= 15 is 0 Å². The number of esters is 6. The lowest BCUT2D eigenvalue weighted by Crippen LogP contribution is -2.58. The van der Waals surface area contributed by atoms with E-state index in [1.54, 1.807) is 0 Å². The standard InChI is InChI=1S/2C28H30O13/c1-15(29)14-39-27(37)28(38)12-22(40-24(34)8-4-16-2-6-18(30)20(32)10-16)26(36)23(13-28)41-25(35)9-5-17-3-7-19(31)21(33)11-17;1-15(14-29)39-27(37)28(38)12-22(40-24(34)8-4-16-2-6-18(30)20(32)10-16)26(36)23(13-28)41-25(35)9-5-17-3-7-19(31)21(33)11-17/h2*2-11,15,22-23,26,29-33,36,38H,12-14H2,1H3/b2*8-4+,9-5+/t2*15?,22-,23-,26?,28?/m11/s1. The molecule has 6 atom stereocenters. The second kappa shape index (κ2) is 28.3. The Morgan fingerprint density at radius 1 is 0.476 bits per heavy atom. The normalized spacial score (nSPS) is 23.3. The molecule has 0 heterocycles. The van der Waals surface area contributed by atoms with Crippen LogP contribution in [0.25, 0.3) is 24.3 Å². The van der Waals surface area contributed by atoms with Crippen LogP contribution in [-0.2, 0) is 57.2 Å². The molecule has 6 rings (SSSR count). The summed E-state index contributed by atoms with van der Waals surface area (Å²) in [4.78, 5) is 75.4. The molecule has 2 saturated carbocycles. The highest BCUT2D eigenvalue weighted by Crippen LogP contribution is 2.37. The van der Waals surface area contributed by atoms with Crippen molar-refractivity contribution in [3.8, 4) is 46.0 Å². The zero-order valence-corrected chi connectivity index (χ0v) is 43.6. The summed E-state index contributed by atoms with van der Waals surface area (Å²) in [5.41, 5.74) is -3.47. The molecule has 82 heavy (non-hydrogen) atoms. The summed E-state index contributed by atoms with van der Waals surface area (Å²) in [5.74, 6) is -9.62. The van der Waals surface area contributed by atoms with Gasteiger partial charge in [0.2, 0.25) is 0 Å². The van der Waals surface area contributed by atoms with E-state index in [1.165, 1.54) is 111 Å². The number of phenols is 8. The number of aliphatic hydroxyl groups excluding tert-OH is 4. The number of phenolic OH excluding ortho intramolecular Hbond substituents is 8. The van der Waals surface area contributed by atoms with E-state index in [-0.39, 0.29) is 23.0 Å². The van der Waals surface area contributed by atoms with Gasteiger partial charge in [-0.1, -0.05) is 24.3 Å². The molecule has 440 valence electrons. The van der Waals surface area contributed by atoms with Crippen LogP contribution in [0.2, 0.25) is 0 Å². The Hall–Kier alpha value is -9.18. The highest BCUT2D eigenvalue weighted by atomic mass is 16.6. The Morgan fingerprint density at radius 2 is 0.744 bits per heavy atom. The van der Waals surface area contributed by atoms with Crippen LogP contribution in [0.3, 0.4) is 0 Å². The molecular formula is C56H60O26. The molecule has 4 aromatic rings. The van der Waals surface area contributed by atoms with Gasteiger partial charge >= 0.3 is 35.8 Å². The van der Waals surface area contributed by atoms with Crippen molar-refractivity contribution in [1.29, 1.82) is 0 Å². The van der Waals surface area contributed by atoms with Crippen molar-refractivity contribution in [3.05, 3.63) is 119 Å². The minimum absolute atomic E-state index is 0.319. The van der Waals surface area contributed by atoms with Gasteiger partial charge in [0, 0.05) is 50.0 Å². The van der Waals surface area contributed by atoms with Crippen LogP contribution in [-0.4, -0.2) is 181 Å². The topological polar surface area (TPSA) is 441 Å². The van der Waals surface area contributed by atoms with E-state index in [0.717, 1.165) is 24.3 Å². The van der Waals surface area contributed by atoms with E-state index in [4.69, 9.17) is 28.4 Å². The van der Waals surface area contributed by atoms with Crippen LogP contribution < -0.4 is 0 Å². The molecule has 2 fully saturated rings. The minimum atomic E-state index is -2.38. The Labute approximate surface area is 465 Å². The number of hydrogen-bond acceptors (Lipinski definition) is 26. The van der Waals surface area contributed by atoms with Crippen molar-refractivity contribution >= 4 is 60.1 Å². The van der Waals surface area contributed by atoms with Crippen LogP contribution in [0.4, 0.5) is 0 Å². The Balaban J connectivity index is 0.000000301. The zero-order chi connectivity index (χ0) is 60.6. The smallest absolute Gasteiger partial charge is 0.338 e. The highest BCUT2D eigenvalue weighted by molar-refractivity contribution is 5.90. The third-order valence-electron chi connectivity index (χ3n) is 12.2. The minimum Gasteiger partial charge on any atom is -0.504 e. The lowest BCUT2D eigenvalue weighted by Gasteiger charge is -2.41. The molecule has 2 aliphatic rings. The van der Waals surface area contributed by atoms with Crippen LogP contribution in [0.1, 0.15) is 61.8 Å². The van der Waals surface area contributed by atoms with Gasteiger partial charge in [-0.25, -0.2) is 28.8 Å². The summed E-state index contributed by atoms with van der Waals surface area (Å²) in [6.07, 6.45) is -5.36. The first-order valence-corrected chi connectivity index (χ1v) is 24.7. The summed E-state index contributed by atoms with van der Waals surface area (Å²) in [7, 11) is 0. The van der Waals surface area contributed by atoms with Crippen LogP contribution >= 0.6 is 0 Å². The van der Waals surface area contributed by atoms with E-state index in [0.29, 0.717) is 22.3 Å². The number of carbonyl (C=O) groups is 6. The molecule has 2 unspecified atom stereocenters. The van der Waals surface area contributed by atoms with Crippen molar-refractivity contribution in [3.63, 3.8) is 0 Å². The summed E-state index contributed by atoms with van der Waals surface area (Å²) >= 11 is 0. The summed E-state index contributed by atoms with van der Waals surface area (Å²) in [5, 5.41) is 138. The largest absolute Gasteiger partial charge is 0.504 e. The van der Waals surface area contributed by atoms with Gasteiger partial charge in [-0.2, -0.15) is 0 Å². The first-order valence-electron chi connectivity index (χ1n) is 24.7. The molecule has 2 aliphatic carbocycles. The molecule has 14 N–H and O–H groups in total. The third kappa shape index (κ3) is 18.2. The molecule has 0 aromatic heterocycles. The van der Waals surface area contributed by atoms with Crippen molar-refractivity contribution in [2.45, 2.75) is 99.6 Å². The molecule has 4 aromatic carbocycles.